The second kappa shape index (κ2) is 4.25. The SMILES string of the molecule is CCc1cc2[nH]c(=O)c(CBr)cc2[nH]c1=O. The molecule has 2 N–H and O–H groups in total. The summed E-state index contributed by atoms with van der Waals surface area (Å²) in [5.74, 6) is 0. The van der Waals surface area contributed by atoms with Crippen molar-refractivity contribution in [3.8, 4) is 0 Å². The van der Waals surface area contributed by atoms with Crippen LogP contribution in [0.15, 0.2) is 21.7 Å². The average Bonchev–Trinajstić information content (AvgIpc) is 2.28. The van der Waals surface area contributed by atoms with Gasteiger partial charge in [0.25, 0.3) is 11.1 Å². The first-order valence-electron chi connectivity index (χ1n) is 4.99. The van der Waals surface area contributed by atoms with E-state index < -0.39 is 0 Å². The predicted octanol–water partition coefficient (Wildman–Crippen LogP) is 1.67. The van der Waals surface area contributed by atoms with Gasteiger partial charge in [0.15, 0.2) is 0 Å². The topological polar surface area (TPSA) is 65.7 Å². The van der Waals surface area contributed by atoms with Gasteiger partial charge in [-0.1, -0.05) is 22.9 Å². The molecule has 0 amide bonds. The van der Waals surface area contributed by atoms with E-state index in [9.17, 15) is 9.59 Å². The normalized spacial score (nSPS) is 10.9. The van der Waals surface area contributed by atoms with E-state index in [-0.39, 0.29) is 11.1 Å². The van der Waals surface area contributed by atoms with Crippen LogP contribution in [0.25, 0.3) is 11.0 Å². The fraction of sp³-hybridized carbons (Fsp3) is 0.273. The Hall–Kier alpha value is -1.36. The number of halogens is 1. The van der Waals surface area contributed by atoms with Crippen molar-refractivity contribution >= 4 is 27.0 Å². The summed E-state index contributed by atoms with van der Waals surface area (Å²) in [5, 5.41) is 0.468. The van der Waals surface area contributed by atoms with Crippen molar-refractivity contribution < 1.29 is 0 Å². The van der Waals surface area contributed by atoms with Crippen molar-refractivity contribution in [2.24, 2.45) is 0 Å². The predicted molar refractivity (Wildman–Crippen MR) is 67.2 cm³/mol. The molecule has 0 aliphatic heterocycles. The molecule has 0 fully saturated rings. The molecule has 0 bridgehead atoms. The van der Waals surface area contributed by atoms with Crippen LogP contribution < -0.4 is 11.1 Å². The smallest absolute Gasteiger partial charge is 0.252 e. The molecule has 2 aromatic heterocycles. The third kappa shape index (κ3) is 1.82. The summed E-state index contributed by atoms with van der Waals surface area (Å²) in [6.45, 7) is 1.90. The van der Waals surface area contributed by atoms with Gasteiger partial charge in [0.1, 0.15) is 0 Å². The fourth-order valence-corrected chi connectivity index (χ4v) is 2.03. The van der Waals surface area contributed by atoms with E-state index in [4.69, 9.17) is 0 Å². The highest BCUT2D eigenvalue weighted by atomic mass is 79.9. The average molecular weight is 283 g/mol. The van der Waals surface area contributed by atoms with Crippen LogP contribution in [0.4, 0.5) is 0 Å². The third-order valence-electron chi connectivity index (χ3n) is 2.53. The van der Waals surface area contributed by atoms with E-state index in [0.717, 1.165) is 0 Å². The van der Waals surface area contributed by atoms with Crippen molar-refractivity contribution in [2.75, 3.05) is 0 Å². The lowest BCUT2D eigenvalue weighted by Gasteiger charge is -2.02. The molecule has 0 atom stereocenters. The Morgan fingerprint density at radius 1 is 1.06 bits per heavy atom. The zero-order chi connectivity index (χ0) is 11.7. The van der Waals surface area contributed by atoms with Crippen LogP contribution in [0.1, 0.15) is 18.1 Å². The van der Waals surface area contributed by atoms with Crippen LogP contribution >= 0.6 is 15.9 Å². The number of hydrogen-bond acceptors (Lipinski definition) is 2. The molecule has 2 aromatic rings. The highest BCUT2D eigenvalue weighted by Crippen LogP contribution is 2.09. The van der Waals surface area contributed by atoms with E-state index in [0.29, 0.717) is 33.9 Å². The van der Waals surface area contributed by atoms with Crippen LogP contribution in [-0.2, 0) is 11.8 Å². The van der Waals surface area contributed by atoms with Crippen molar-refractivity contribution in [3.63, 3.8) is 0 Å². The van der Waals surface area contributed by atoms with Gasteiger partial charge < -0.3 is 9.97 Å². The summed E-state index contributed by atoms with van der Waals surface area (Å²) in [6.07, 6.45) is 0.646. The molecule has 0 unspecified atom stereocenters. The lowest BCUT2D eigenvalue weighted by molar-refractivity contribution is 1.07. The second-order valence-electron chi connectivity index (χ2n) is 3.56. The summed E-state index contributed by atoms with van der Waals surface area (Å²) in [7, 11) is 0. The highest BCUT2D eigenvalue weighted by molar-refractivity contribution is 9.08. The fourth-order valence-electron chi connectivity index (χ4n) is 1.61. The molecule has 0 saturated heterocycles. The Bertz CT molecular complexity index is 585. The van der Waals surface area contributed by atoms with Gasteiger partial charge in [-0.25, -0.2) is 0 Å². The molecule has 84 valence electrons. The Morgan fingerprint density at radius 3 is 2.06 bits per heavy atom. The maximum absolute atomic E-state index is 11.6. The van der Waals surface area contributed by atoms with E-state index in [2.05, 4.69) is 25.9 Å². The summed E-state index contributed by atoms with van der Waals surface area (Å²) >= 11 is 3.23. The number of rotatable bonds is 2. The van der Waals surface area contributed by atoms with Gasteiger partial charge in [-0.15, -0.1) is 0 Å². The lowest BCUT2D eigenvalue weighted by Crippen LogP contribution is -2.16. The summed E-state index contributed by atoms with van der Waals surface area (Å²) in [4.78, 5) is 28.7. The zero-order valence-electron chi connectivity index (χ0n) is 8.76. The molecule has 2 rings (SSSR count). The largest absolute Gasteiger partial charge is 0.320 e. The van der Waals surface area contributed by atoms with E-state index in [1.165, 1.54) is 0 Å². The number of pyridine rings is 2. The molecule has 0 aliphatic carbocycles. The standard InChI is InChI=1S/C11H11BrN2O2/c1-2-6-3-8-9(13-10(6)15)4-7(5-12)11(16)14-8/h3-4H,2,5H2,1H3,(H,13,15)(H,14,16). The van der Waals surface area contributed by atoms with Crippen molar-refractivity contribution in [3.05, 3.63) is 44.0 Å². The lowest BCUT2D eigenvalue weighted by atomic mass is 10.2. The number of aryl methyl sites for hydroxylation is 1. The molecule has 0 radical (unpaired) electrons. The molecule has 5 heteroatoms. The first kappa shape index (κ1) is 11.1. The monoisotopic (exact) mass is 282 g/mol. The minimum absolute atomic E-state index is 0.0948. The Balaban J connectivity index is 2.82. The summed E-state index contributed by atoms with van der Waals surface area (Å²) in [5.41, 5.74) is 2.39. The number of aromatic amines is 2. The molecule has 16 heavy (non-hydrogen) atoms. The van der Waals surface area contributed by atoms with Crippen molar-refractivity contribution in [2.45, 2.75) is 18.7 Å². The number of aromatic nitrogens is 2. The quantitative estimate of drug-likeness (QED) is 0.823. The van der Waals surface area contributed by atoms with Crippen LogP contribution in [0, 0.1) is 0 Å². The molecule has 0 aromatic carbocycles. The molecule has 0 spiro atoms. The first-order chi connectivity index (χ1) is 7.65. The Morgan fingerprint density at radius 2 is 1.56 bits per heavy atom. The molecule has 2 heterocycles. The highest BCUT2D eigenvalue weighted by Gasteiger charge is 2.05. The molecule has 0 aliphatic rings. The van der Waals surface area contributed by atoms with Gasteiger partial charge in [-0.3, -0.25) is 9.59 Å². The number of fused-ring (bicyclic) bond motifs is 1. The van der Waals surface area contributed by atoms with Gasteiger partial charge in [0.05, 0.1) is 11.0 Å². The second-order valence-corrected chi connectivity index (χ2v) is 4.12. The zero-order valence-corrected chi connectivity index (χ0v) is 10.3. The number of hydrogen-bond donors (Lipinski definition) is 2. The van der Waals surface area contributed by atoms with Gasteiger partial charge >= 0.3 is 0 Å². The van der Waals surface area contributed by atoms with E-state index in [1.54, 1.807) is 12.1 Å². The number of alkyl halides is 1. The molecular formula is C11H11BrN2O2. The van der Waals surface area contributed by atoms with Crippen LogP contribution in [0.2, 0.25) is 0 Å². The Labute approximate surface area is 99.8 Å². The van der Waals surface area contributed by atoms with Gasteiger partial charge in [-0.05, 0) is 18.6 Å². The van der Waals surface area contributed by atoms with E-state index in [1.807, 2.05) is 6.92 Å². The number of nitrogens with one attached hydrogen (secondary N) is 2. The third-order valence-corrected chi connectivity index (χ3v) is 3.14. The number of H-pyrrole nitrogens is 2. The van der Waals surface area contributed by atoms with Crippen molar-refractivity contribution in [1.82, 2.24) is 9.97 Å². The van der Waals surface area contributed by atoms with Crippen LogP contribution in [0.5, 0.6) is 0 Å². The minimum Gasteiger partial charge on any atom is -0.320 e. The Kier molecular flexibility index (Phi) is 2.96. The molecule has 0 saturated carbocycles. The molecule has 4 nitrogen and oxygen atoms in total. The minimum atomic E-state index is -0.126. The molecular weight excluding hydrogens is 272 g/mol. The van der Waals surface area contributed by atoms with Gasteiger partial charge in [-0.2, -0.15) is 0 Å². The maximum Gasteiger partial charge on any atom is 0.252 e. The van der Waals surface area contributed by atoms with Gasteiger partial charge in [0.2, 0.25) is 0 Å². The van der Waals surface area contributed by atoms with Crippen LogP contribution in [0.3, 0.4) is 0 Å². The first-order valence-corrected chi connectivity index (χ1v) is 6.12. The van der Waals surface area contributed by atoms with Gasteiger partial charge in [0, 0.05) is 16.5 Å². The maximum atomic E-state index is 11.6. The van der Waals surface area contributed by atoms with Crippen molar-refractivity contribution in [1.29, 1.82) is 0 Å². The summed E-state index contributed by atoms with van der Waals surface area (Å²) in [6, 6.07) is 3.43. The van der Waals surface area contributed by atoms with E-state index >= 15 is 0 Å². The van der Waals surface area contributed by atoms with Crippen LogP contribution in [-0.4, -0.2) is 9.97 Å². The summed E-state index contributed by atoms with van der Waals surface area (Å²) < 4.78 is 0.